The number of nitrogens with zero attached hydrogens (tertiary/aromatic N) is 2. The standard InChI is InChI=1S/C8H10N2O3/c11-8-9(5-1-2-5)6-3-13-4-7(6)10(8)12/h5,12H,1-4H2. The summed E-state index contributed by atoms with van der Waals surface area (Å²) in [7, 11) is 0. The molecule has 2 aliphatic rings. The summed E-state index contributed by atoms with van der Waals surface area (Å²) in [5.74, 6) is 0. The molecule has 0 radical (unpaired) electrons. The Labute approximate surface area is 74.1 Å². The molecule has 1 fully saturated rings. The first-order valence-corrected chi connectivity index (χ1v) is 4.41. The SMILES string of the molecule is O=c1n(O)c2c(n1C1CC1)COC2. The molecule has 1 aliphatic heterocycles. The minimum Gasteiger partial charge on any atom is -0.424 e. The molecule has 0 saturated heterocycles. The van der Waals surface area contributed by atoms with Crippen molar-refractivity contribution < 1.29 is 9.94 Å². The van der Waals surface area contributed by atoms with Crippen LogP contribution in [0.3, 0.4) is 0 Å². The third-order valence-corrected chi connectivity index (χ3v) is 2.66. The second-order valence-corrected chi connectivity index (χ2v) is 3.58. The van der Waals surface area contributed by atoms with Gasteiger partial charge in [0.25, 0.3) is 0 Å². The summed E-state index contributed by atoms with van der Waals surface area (Å²) in [4.78, 5) is 11.5. The lowest BCUT2D eigenvalue weighted by Gasteiger charge is -1.99. The van der Waals surface area contributed by atoms with E-state index in [4.69, 9.17) is 4.74 Å². The maximum atomic E-state index is 11.5. The van der Waals surface area contributed by atoms with Gasteiger partial charge in [0.15, 0.2) is 0 Å². The third-order valence-electron chi connectivity index (χ3n) is 2.66. The number of fused-ring (bicyclic) bond motifs is 1. The normalized spacial score (nSPS) is 20.6. The van der Waals surface area contributed by atoms with Crippen LogP contribution < -0.4 is 5.69 Å². The molecule has 1 aromatic rings. The largest absolute Gasteiger partial charge is 0.424 e. The second-order valence-electron chi connectivity index (χ2n) is 3.58. The molecule has 3 rings (SSSR count). The highest BCUT2D eigenvalue weighted by Crippen LogP contribution is 2.36. The highest BCUT2D eigenvalue weighted by molar-refractivity contribution is 5.18. The topological polar surface area (TPSA) is 56.4 Å². The van der Waals surface area contributed by atoms with E-state index in [0.29, 0.717) is 24.9 Å². The first-order valence-electron chi connectivity index (χ1n) is 4.41. The molecule has 0 spiro atoms. The van der Waals surface area contributed by atoms with E-state index >= 15 is 0 Å². The molecule has 13 heavy (non-hydrogen) atoms. The van der Waals surface area contributed by atoms with E-state index in [-0.39, 0.29) is 5.69 Å². The molecule has 1 N–H and O–H groups in total. The van der Waals surface area contributed by atoms with Crippen LogP contribution in [0.1, 0.15) is 30.3 Å². The predicted molar refractivity (Wildman–Crippen MR) is 42.6 cm³/mol. The van der Waals surface area contributed by atoms with Gasteiger partial charge in [-0.2, -0.15) is 0 Å². The zero-order valence-electron chi connectivity index (χ0n) is 7.06. The lowest BCUT2D eigenvalue weighted by Crippen LogP contribution is -2.24. The number of hydrogen-bond donors (Lipinski definition) is 1. The maximum Gasteiger partial charge on any atom is 0.361 e. The molecule has 5 heteroatoms. The Hall–Kier alpha value is -1.23. The monoisotopic (exact) mass is 182 g/mol. The van der Waals surface area contributed by atoms with Crippen LogP contribution >= 0.6 is 0 Å². The van der Waals surface area contributed by atoms with Gasteiger partial charge in [-0.3, -0.25) is 4.57 Å². The average molecular weight is 182 g/mol. The minimum atomic E-state index is -0.309. The summed E-state index contributed by atoms with van der Waals surface area (Å²) in [5.41, 5.74) is 1.17. The van der Waals surface area contributed by atoms with Crippen LogP contribution in [-0.4, -0.2) is 14.5 Å². The molecule has 0 amide bonds. The molecule has 2 heterocycles. The van der Waals surface area contributed by atoms with Crippen LogP contribution in [0.25, 0.3) is 0 Å². The summed E-state index contributed by atoms with van der Waals surface area (Å²) < 4.78 is 7.56. The van der Waals surface area contributed by atoms with Crippen LogP contribution in [0.15, 0.2) is 4.79 Å². The van der Waals surface area contributed by atoms with Crippen molar-refractivity contribution in [1.82, 2.24) is 9.30 Å². The van der Waals surface area contributed by atoms with E-state index in [1.165, 1.54) is 0 Å². The first-order chi connectivity index (χ1) is 6.29. The van der Waals surface area contributed by atoms with Gasteiger partial charge in [-0.1, -0.05) is 0 Å². The summed E-state index contributed by atoms with van der Waals surface area (Å²) in [5, 5.41) is 9.42. The van der Waals surface area contributed by atoms with Crippen molar-refractivity contribution in [2.75, 3.05) is 0 Å². The Balaban J connectivity index is 2.27. The van der Waals surface area contributed by atoms with E-state index in [1.807, 2.05) is 0 Å². The third kappa shape index (κ3) is 0.821. The van der Waals surface area contributed by atoms with Crippen molar-refractivity contribution in [2.45, 2.75) is 32.1 Å². The van der Waals surface area contributed by atoms with Crippen molar-refractivity contribution in [2.24, 2.45) is 0 Å². The Bertz CT molecular complexity index is 414. The van der Waals surface area contributed by atoms with Crippen LogP contribution in [0.2, 0.25) is 0 Å². The van der Waals surface area contributed by atoms with Gasteiger partial charge in [-0.05, 0) is 12.8 Å². The molecular formula is C8H10N2O3. The van der Waals surface area contributed by atoms with Crippen LogP contribution in [0.5, 0.6) is 0 Å². The number of hydrogen-bond acceptors (Lipinski definition) is 3. The molecule has 1 aliphatic carbocycles. The van der Waals surface area contributed by atoms with Gasteiger partial charge in [0, 0.05) is 6.04 Å². The van der Waals surface area contributed by atoms with E-state index in [2.05, 4.69) is 0 Å². The average Bonchev–Trinajstić information content (AvgIpc) is 2.77. The van der Waals surface area contributed by atoms with Crippen molar-refractivity contribution in [3.8, 4) is 0 Å². The molecule has 0 aromatic carbocycles. The number of aromatic nitrogens is 2. The minimum absolute atomic E-state index is 0.302. The summed E-state index contributed by atoms with van der Waals surface area (Å²) in [6.07, 6.45) is 2.08. The van der Waals surface area contributed by atoms with Gasteiger partial charge >= 0.3 is 5.69 Å². The second kappa shape index (κ2) is 2.17. The maximum absolute atomic E-state index is 11.5. The van der Waals surface area contributed by atoms with Gasteiger partial charge < -0.3 is 9.94 Å². The Morgan fingerprint density at radius 2 is 2.00 bits per heavy atom. The predicted octanol–water partition coefficient (Wildman–Crippen LogP) is 0.252. The van der Waals surface area contributed by atoms with Crippen molar-refractivity contribution in [3.05, 3.63) is 21.9 Å². The van der Waals surface area contributed by atoms with E-state index < -0.39 is 0 Å². The van der Waals surface area contributed by atoms with Gasteiger partial charge in [0.2, 0.25) is 0 Å². The molecule has 5 nitrogen and oxygen atoms in total. The summed E-state index contributed by atoms with van der Waals surface area (Å²) >= 11 is 0. The van der Waals surface area contributed by atoms with E-state index in [9.17, 15) is 10.0 Å². The molecule has 70 valence electrons. The highest BCUT2D eigenvalue weighted by atomic mass is 16.5. The highest BCUT2D eigenvalue weighted by Gasteiger charge is 2.33. The fraction of sp³-hybridized carbons (Fsp3) is 0.625. The van der Waals surface area contributed by atoms with Gasteiger partial charge in [0.1, 0.15) is 5.69 Å². The molecule has 0 bridgehead atoms. The van der Waals surface area contributed by atoms with Crippen LogP contribution in [0.4, 0.5) is 0 Å². The molecule has 0 unspecified atom stereocenters. The van der Waals surface area contributed by atoms with Crippen molar-refractivity contribution >= 4 is 0 Å². The van der Waals surface area contributed by atoms with Gasteiger partial charge in [0.05, 0.1) is 18.9 Å². The number of ether oxygens (including phenoxy) is 1. The first kappa shape index (κ1) is 7.20. The Kier molecular flexibility index (Phi) is 1.20. The summed E-state index contributed by atoms with van der Waals surface area (Å²) in [6, 6.07) is 0.302. The van der Waals surface area contributed by atoms with Crippen molar-refractivity contribution in [3.63, 3.8) is 0 Å². The fourth-order valence-corrected chi connectivity index (χ4v) is 1.85. The lowest BCUT2D eigenvalue weighted by atomic mass is 10.4. The molecule has 0 atom stereocenters. The Morgan fingerprint density at radius 1 is 1.31 bits per heavy atom. The van der Waals surface area contributed by atoms with Gasteiger partial charge in [-0.25, -0.2) is 4.79 Å². The number of imidazole rings is 1. The smallest absolute Gasteiger partial charge is 0.361 e. The molecule has 1 aromatic heterocycles. The van der Waals surface area contributed by atoms with Crippen LogP contribution in [-0.2, 0) is 18.0 Å². The van der Waals surface area contributed by atoms with Gasteiger partial charge in [-0.15, -0.1) is 4.73 Å². The quantitative estimate of drug-likeness (QED) is 0.633. The van der Waals surface area contributed by atoms with Crippen LogP contribution in [0, 0.1) is 0 Å². The van der Waals surface area contributed by atoms with E-state index in [0.717, 1.165) is 23.3 Å². The zero-order chi connectivity index (χ0) is 9.00. The summed E-state index contributed by atoms with van der Waals surface area (Å²) in [6.45, 7) is 0.801. The lowest BCUT2D eigenvalue weighted by molar-refractivity contribution is 0.101. The van der Waals surface area contributed by atoms with E-state index in [1.54, 1.807) is 4.57 Å². The number of rotatable bonds is 1. The molecule has 1 saturated carbocycles. The Morgan fingerprint density at radius 3 is 2.69 bits per heavy atom. The zero-order valence-corrected chi connectivity index (χ0v) is 7.06. The molecular weight excluding hydrogens is 172 g/mol. The van der Waals surface area contributed by atoms with Crippen molar-refractivity contribution in [1.29, 1.82) is 0 Å². The fourth-order valence-electron chi connectivity index (χ4n) is 1.85.